The summed E-state index contributed by atoms with van der Waals surface area (Å²) in [7, 11) is 0. The largest absolute Gasteiger partial charge is 0.324 e. The first-order valence-corrected chi connectivity index (χ1v) is 6.45. The molecule has 0 heterocycles. The van der Waals surface area contributed by atoms with E-state index in [0.29, 0.717) is 15.7 Å². The Hall–Kier alpha value is -0.770. The van der Waals surface area contributed by atoms with Gasteiger partial charge in [0.25, 0.3) is 0 Å². The number of halogens is 2. The molecule has 0 bridgehead atoms. The van der Waals surface area contributed by atoms with Crippen LogP contribution in [-0.4, -0.2) is 18.0 Å². The third kappa shape index (κ3) is 4.84. The lowest BCUT2D eigenvalue weighted by molar-refractivity contribution is -0.115. The standard InChI is InChI=1S/C13H18Cl2N2O/c1-8-5-10(15)11(6-9(8)14)17-12(18)7-16-13(2,3)4/h5-6,16H,7H2,1-4H3,(H,17,18). The zero-order chi connectivity index (χ0) is 13.9. The maximum Gasteiger partial charge on any atom is 0.238 e. The highest BCUT2D eigenvalue weighted by Crippen LogP contribution is 2.28. The van der Waals surface area contributed by atoms with Crippen LogP contribution in [0.4, 0.5) is 5.69 Å². The van der Waals surface area contributed by atoms with Gasteiger partial charge in [0.15, 0.2) is 0 Å². The SMILES string of the molecule is Cc1cc(Cl)c(NC(=O)CNC(C)(C)C)cc1Cl. The summed E-state index contributed by atoms with van der Waals surface area (Å²) in [6.45, 7) is 8.08. The molecule has 0 aliphatic heterocycles. The van der Waals surface area contributed by atoms with Crippen LogP contribution in [0, 0.1) is 6.92 Å². The molecule has 1 rings (SSSR count). The summed E-state index contributed by atoms with van der Waals surface area (Å²) in [4.78, 5) is 11.7. The summed E-state index contributed by atoms with van der Waals surface area (Å²) in [5, 5.41) is 6.90. The lowest BCUT2D eigenvalue weighted by atomic mass is 10.1. The average Bonchev–Trinajstić information content (AvgIpc) is 2.22. The minimum absolute atomic E-state index is 0.105. The molecule has 2 N–H and O–H groups in total. The topological polar surface area (TPSA) is 41.1 Å². The van der Waals surface area contributed by atoms with E-state index in [-0.39, 0.29) is 18.0 Å². The van der Waals surface area contributed by atoms with Crippen LogP contribution in [0.3, 0.4) is 0 Å². The van der Waals surface area contributed by atoms with Crippen molar-refractivity contribution in [3.05, 3.63) is 27.7 Å². The summed E-state index contributed by atoms with van der Waals surface area (Å²) in [6, 6.07) is 3.39. The number of carbonyl (C=O) groups is 1. The summed E-state index contributed by atoms with van der Waals surface area (Å²) in [5.74, 6) is -0.147. The van der Waals surface area contributed by atoms with Crippen LogP contribution in [0.1, 0.15) is 26.3 Å². The first kappa shape index (κ1) is 15.3. The summed E-state index contributed by atoms with van der Waals surface area (Å²) in [6.07, 6.45) is 0. The van der Waals surface area contributed by atoms with Crippen LogP contribution < -0.4 is 10.6 Å². The van der Waals surface area contributed by atoms with Crippen molar-refractivity contribution in [2.24, 2.45) is 0 Å². The average molecular weight is 289 g/mol. The molecule has 3 nitrogen and oxygen atoms in total. The third-order valence-corrected chi connectivity index (χ3v) is 3.02. The van der Waals surface area contributed by atoms with Crippen LogP contribution in [0.2, 0.25) is 10.0 Å². The lowest BCUT2D eigenvalue weighted by Gasteiger charge is -2.20. The van der Waals surface area contributed by atoms with E-state index in [9.17, 15) is 4.79 Å². The molecule has 1 amide bonds. The van der Waals surface area contributed by atoms with Crippen LogP contribution in [0.15, 0.2) is 12.1 Å². The molecule has 1 aromatic carbocycles. The van der Waals surface area contributed by atoms with E-state index in [2.05, 4.69) is 10.6 Å². The van der Waals surface area contributed by atoms with Gasteiger partial charge in [-0.2, -0.15) is 0 Å². The first-order valence-electron chi connectivity index (χ1n) is 5.69. The second-order valence-corrected chi connectivity index (χ2v) is 6.05. The van der Waals surface area contributed by atoms with E-state index < -0.39 is 0 Å². The van der Waals surface area contributed by atoms with Crippen molar-refractivity contribution >= 4 is 34.8 Å². The molecule has 0 saturated carbocycles. The van der Waals surface area contributed by atoms with E-state index in [1.165, 1.54) is 0 Å². The fourth-order valence-corrected chi connectivity index (χ4v) is 1.71. The number of nitrogens with one attached hydrogen (secondary N) is 2. The Morgan fingerprint density at radius 1 is 1.22 bits per heavy atom. The van der Waals surface area contributed by atoms with Gasteiger partial charge in [-0.3, -0.25) is 4.79 Å². The molecule has 0 saturated heterocycles. The van der Waals surface area contributed by atoms with Crippen molar-refractivity contribution < 1.29 is 4.79 Å². The highest BCUT2D eigenvalue weighted by atomic mass is 35.5. The van der Waals surface area contributed by atoms with Crippen molar-refractivity contribution in [2.45, 2.75) is 33.2 Å². The van der Waals surface area contributed by atoms with Crippen LogP contribution in [0.5, 0.6) is 0 Å². The molecule has 18 heavy (non-hydrogen) atoms. The van der Waals surface area contributed by atoms with Gasteiger partial charge in [-0.25, -0.2) is 0 Å². The Balaban J connectivity index is 2.68. The summed E-state index contributed by atoms with van der Waals surface area (Å²) < 4.78 is 0. The van der Waals surface area contributed by atoms with Gasteiger partial charge in [-0.05, 0) is 45.4 Å². The van der Waals surface area contributed by atoms with E-state index in [1.54, 1.807) is 12.1 Å². The predicted octanol–water partition coefficient (Wildman–Crippen LogP) is 3.63. The third-order valence-electron chi connectivity index (χ3n) is 2.30. The second-order valence-electron chi connectivity index (χ2n) is 5.23. The Kier molecular flexibility index (Phi) is 5.02. The van der Waals surface area contributed by atoms with E-state index >= 15 is 0 Å². The minimum Gasteiger partial charge on any atom is -0.324 e. The van der Waals surface area contributed by atoms with Crippen LogP contribution in [0.25, 0.3) is 0 Å². The molecule has 1 aromatic rings. The molecule has 100 valence electrons. The van der Waals surface area contributed by atoms with Gasteiger partial charge in [0, 0.05) is 10.6 Å². The summed E-state index contributed by atoms with van der Waals surface area (Å²) in [5.41, 5.74) is 1.31. The number of hydrogen-bond donors (Lipinski definition) is 2. The number of aryl methyl sites for hydroxylation is 1. The highest BCUT2D eigenvalue weighted by Gasteiger charge is 2.13. The lowest BCUT2D eigenvalue weighted by Crippen LogP contribution is -2.41. The van der Waals surface area contributed by atoms with E-state index in [1.807, 2.05) is 27.7 Å². The van der Waals surface area contributed by atoms with Crippen molar-refractivity contribution in [2.75, 3.05) is 11.9 Å². The quantitative estimate of drug-likeness (QED) is 0.892. The number of rotatable bonds is 3. The molecular weight excluding hydrogens is 271 g/mol. The number of benzene rings is 1. The Labute approximate surface area is 118 Å². The molecule has 0 aromatic heterocycles. The zero-order valence-electron chi connectivity index (χ0n) is 11.0. The molecule has 0 aliphatic rings. The smallest absolute Gasteiger partial charge is 0.238 e. The van der Waals surface area contributed by atoms with Gasteiger partial charge >= 0.3 is 0 Å². The Morgan fingerprint density at radius 2 is 1.83 bits per heavy atom. The first-order chi connectivity index (χ1) is 8.19. The van der Waals surface area contributed by atoms with Gasteiger partial charge in [0.05, 0.1) is 17.3 Å². The molecule has 0 spiro atoms. The molecule has 0 atom stereocenters. The van der Waals surface area contributed by atoms with Gasteiger partial charge in [0.2, 0.25) is 5.91 Å². The van der Waals surface area contributed by atoms with Crippen LogP contribution in [-0.2, 0) is 4.79 Å². The van der Waals surface area contributed by atoms with E-state index in [4.69, 9.17) is 23.2 Å². The van der Waals surface area contributed by atoms with Crippen molar-refractivity contribution in [3.8, 4) is 0 Å². The van der Waals surface area contributed by atoms with Gasteiger partial charge in [-0.1, -0.05) is 23.2 Å². The molecule has 0 radical (unpaired) electrons. The summed E-state index contributed by atoms with van der Waals surface area (Å²) >= 11 is 12.0. The number of amides is 1. The number of anilines is 1. The fraction of sp³-hybridized carbons (Fsp3) is 0.462. The second kappa shape index (κ2) is 5.91. The molecule has 5 heteroatoms. The molecule has 0 unspecified atom stereocenters. The maximum atomic E-state index is 11.7. The normalized spacial score (nSPS) is 11.4. The van der Waals surface area contributed by atoms with Gasteiger partial charge < -0.3 is 10.6 Å². The number of carbonyl (C=O) groups excluding carboxylic acids is 1. The molecule has 0 aliphatic carbocycles. The Bertz CT molecular complexity index is 453. The molecule has 0 fully saturated rings. The minimum atomic E-state index is -0.147. The van der Waals surface area contributed by atoms with Crippen molar-refractivity contribution in [3.63, 3.8) is 0 Å². The number of hydrogen-bond acceptors (Lipinski definition) is 2. The maximum absolute atomic E-state index is 11.7. The van der Waals surface area contributed by atoms with Crippen LogP contribution >= 0.6 is 23.2 Å². The highest BCUT2D eigenvalue weighted by molar-refractivity contribution is 6.36. The van der Waals surface area contributed by atoms with Gasteiger partial charge in [0.1, 0.15) is 0 Å². The van der Waals surface area contributed by atoms with Crippen molar-refractivity contribution in [1.82, 2.24) is 5.32 Å². The van der Waals surface area contributed by atoms with Crippen molar-refractivity contribution in [1.29, 1.82) is 0 Å². The fourth-order valence-electron chi connectivity index (χ4n) is 1.28. The predicted molar refractivity (Wildman–Crippen MR) is 77.6 cm³/mol. The Morgan fingerprint density at radius 3 is 2.39 bits per heavy atom. The monoisotopic (exact) mass is 288 g/mol. The van der Waals surface area contributed by atoms with E-state index in [0.717, 1.165) is 5.56 Å². The van der Waals surface area contributed by atoms with Gasteiger partial charge in [-0.15, -0.1) is 0 Å². The zero-order valence-corrected chi connectivity index (χ0v) is 12.5. The molecular formula is C13H18Cl2N2O.